The van der Waals surface area contributed by atoms with Gasteiger partial charge in [0, 0.05) is 25.2 Å². The predicted octanol–water partition coefficient (Wildman–Crippen LogP) is 1.83. The fourth-order valence-corrected chi connectivity index (χ4v) is 4.10. The second kappa shape index (κ2) is 5.59. The molecule has 4 nitrogen and oxygen atoms in total. The Balaban J connectivity index is 1.34. The summed E-state index contributed by atoms with van der Waals surface area (Å²) in [5, 5.41) is 13.2. The lowest BCUT2D eigenvalue weighted by Crippen LogP contribution is -2.49. The molecule has 0 radical (unpaired) electrons. The van der Waals surface area contributed by atoms with Gasteiger partial charge in [-0.3, -0.25) is 4.90 Å². The molecule has 1 aromatic rings. The monoisotopic (exact) mass is 288 g/mol. The van der Waals surface area contributed by atoms with Crippen molar-refractivity contribution in [3.63, 3.8) is 0 Å². The maximum Gasteiger partial charge on any atom is 0.115 e. The topological polar surface area (TPSA) is 44.7 Å². The first kappa shape index (κ1) is 13.6. The highest BCUT2D eigenvalue weighted by Crippen LogP contribution is 2.33. The smallest absolute Gasteiger partial charge is 0.115 e. The zero-order chi connectivity index (χ0) is 14.2. The second-order valence-corrected chi connectivity index (χ2v) is 6.63. The molecule has 3 atom stereocenters. The van der Waals surface area contributed by atoms with Gasteiger partial charge in [0.05, 0.1) is 12.7 Å². The number of phenolic OH excluding ortho intramolecular Hbond substituents is 1. The van der Waals surface area contributed by atoms with E-state index >= 15 is 0 Å². The number of phenols is 1. The van der Waals surface area contributed by atoms with E-state index in [2.05, 4.69) is 16.3 Å². The summed E-state index contributed by atoms with van der Waals surface area (Å²) in [6.07, 6.45) is 5.13. The molecule has 1 aliphatic carbocycles. The molecule has 2 fully saturated rings. The van der Waals surface area contributed by atoms with Crippen molar-refractivity contribution in [1.82, 2.24) is 10.2 Å². The molecule has 0 amide bonds. The van der Waals surface area contributed by atoms with Crippen LogP contribution < -0.4 is 5.32 Å². The van der Waals surface area contributed by atoms with Crippen molar-refractivity contribution in [2.24, 2.45) is 0 Å². The lowest BCUT2D eigenvalue weighted by molar-refractivity contribution is -0.0478. The van der Waals surface area contributed by atoms with Crippen molar-refractivity contribution in [3.8, 4) is 5.75 Å². The van der Waals surface area contributed by atoms with Crippen LogP contribution in [0.25, 0.3) is 0 Å². The van der Waals surface area contributed by atoms with E-state index in [1.165, 1.54) is 30.5 Å². The van der Waals surface area contributed by atoms with Gasteiger partial charge >= 0.3 is 0 Å². The standard InChI is InChI=1S/C17H24N2O2/c20-14-4-5-16-12(8-14)3-6-17(16)18-9-15-10-19-7-1-2-13(19)11-21-15/h4-5,8,13,15,17-18,20H,1-3,6-7,9-11H2. The minimum Gasteiger partial charge on any atom is -0.508 e. The fourth-order valence-electron chi connectivity index (χ4n) is 4.10. The van der Waals surface area contributed by atoms with Crippen LogP contribution in [0.3, 0.4) is 0 Å². The Hall–Kier alpha value is -1.10. The summed E-state index contributed by atoms with van der Waals surface area (Å²) >= 11 is 0. The largest absolute Gasteiger partial charge is 0.508 e. The van der Waals surface area contributed by atoms with E-state index in [0.717, 1.165) is 32.5 Å². The number of aryl methyl sites for hydroxylation is 1. The molecule has 2 aliphatic heterocycles. The molecule has 114 valence electrons. The van der Waals surface area contributed by atoms with Crippen molar-refractivity contribution in [2.75, 3.05) is 26.2 Å². The normalized spacial score (nSPS) is 32.1. The van der Waals surface area contributed by atoms with Crippen molar-refractivity contribution >= 4 is 0 Å². The molecule has 0 aromatic heterocycles. The molecule has 0 saturated carbocycles. The maximum atomic E-state index is 9.56. The highest BCUT2D eigenvalue weighted by molar-refractivity contribution is 5.40. The summed E-state index contributed by atoms with van der Waals surface area (Å²) in [4.78, 5) is 2.59. The molecule has 2 N–H and O–H groups in total. The van der Waals surface area contributed by atoms with Gasteiger partial charge in [-0.25, -0.2) is 0 Å². The predicted molar refractivity (Wildman–Crippen MR) is 81.5 cm³/mol. The van der Waals surface area contributed by atoms with Crippen LogP contribution in [-0.2, 0) is 11.2 Å². The summed E-state index contributed by atoms with van der Waals surface area (Å²) in [5.41, 5.74) is 2.64. The molecule has 3 aliphatic rings. The van der Waals surface area contributed by atoms with Crippen molar-refractivity contribution in [3.05, 3.63) is 29.3 Å². The molecule has 0 spiro atoms. The third-order valence-electron chi connectivity index (χ3n) is 5.26. The highest BCUT2D eigenvalue weighted by atomic mass is 16.5. The molecule has 4 heteroatoms. The minimum atomic E-state index is 0.320. The van der Waals surface area contributed by atoms with E-state index < -0.39 is 0 Å². The van der Waals surface area contributed by atoms with E-state index in [-0.39, 0.29) is 0 Å². The van der Waals surface area contributed by atoms with Crippen LogP contribution in [0.15, 0.2) is 18.2 Å². The Labute approximate surface area is 126 Å². The van der Waals surface area contributed by atoms with Gasteiger partial charge in [0.2, 0.25) is 0 Å². The number of nitrogens with zero attached hydrogens (tertiary/aromatic N) is 1. The number of rotatable bonds is 3. The van der Waals surface area contributed by atoms with E-state index in [1.54, 1.807) is 6.07 Å². The molecule has 2 saturated heterocycles. The summed E-state index contributed by atoms with van der Waals surface area (Å²) < 4.78 is 6.01. The van der Waals surface area contributed by atoms with E-state index in [4.69, 9.17) is 4.74 Å². The number of benzene rings is 1. The molecule has 2 heterocycles. The van der Waals surface area contributed by atoms with Gasteiger partial charge < -0.3 is 15.2 Å². The third-order valence-corrected chi connectivity index (χ3v) is 5.26. The first-order chi connectivity index (χ1) is 10.3. The summed E-state index contributed by atoms with van der Waals surface area (Å²) in [5.74, 6) is 0.380. The lowest BCUT2D eigenvalue weighted by atomic mass is 10.1. The first-order valence-electron chi connectivity index (χ1n) is 8.20. The zero-order valence-electron chi connectivity index (χ0n) is 12.4. The highest BCUT2D eigenvalue weighted by Gasteiger charge is 2.32. The number of hydrogen-bond donors (Lipinski definition) is 2. The van der Waals surface area contributed by atoms with Crippen LogP contribution in [0.4, 0.5) is 0 Å². The summed E-state index contributed by atoms with van der Waals surface area (Å²) in [7, 11) is 0. The van der Waals surface area contributed by atoms with Gasteiger partial charge in [0.15, 0.2) is 0 Å². The number of aromatic hydroxyl groups is 1. The number of hydrogen-bond acceptors (Lipinski definition) is 4. The Morgan fingerprint density at radius 2 is 2.29 bits per heavy atom. The van der Waals surface area contributed by atoms with Crippen molar-refractivity contribution in [2.45, 2.75) is 43.9 Å². The average Bonchev–Trinajstić information content (AvgIpc) is 3.10. The summed E-state index contributed by atoms with van der Waals surface area (Å²) in [6, 6.07) is 6.86. The van der Waals surface area contributed by atoms with Crippen LogP contribution in [0, 0.1) is 0 Å². The molecule has 21 heavy (non-hydrogen) atoms. The van der Waals surface area contributed by atoms with Crippen LogP contribution in [0.1, 0.15) is 36.4 Å². The molecule has 1 aromatic carbocycles. The van der Waals surface area contributed by atoms with Crippen LogP contribution >= 0.6 is 0 Å². The lowest BCUT2D eigenvalue weighted by Gasteiger charge is -2.35. The molecular weight excluding hydrogens is 264 g/mol. The van der Waals surface area contributed by atoms with Crippen LogP contribution in [-0.4, -0.2) is 48.4 Å². The molecule has 0 bridgehead atoms. The Morgan fingerprint density at radius 3 is 3.24 bits per heavy atom. The number of nitrogens with one attached hydrogen (secondary N) is 1. The molecular formula is C17H24N2O2. The zero-order valence-corrected chi connectivity index (χ0v) is 12.4. The van der Waals surface area contributed by atoms with Crippen LogP contribution in [0.5, 0.6) is 5.75 Å². The summed E-state index contributed by atoms with van der Waals surface area (Å²) in [6.45, 7) is 4.15. The Kier molecular flexibility index (Phi) is 3.61. The first-order valence-corrected chi connectivity index (χ1v) is 8.20. The fraction of sp³-hybridized carbons (Fsp3) is 0.647. The minimum absolute atomic E-state index is 0.320. The third kappa shape index (κ3) is 2.68. The van der Waals surface area contributed by atoms with Crippen molar-refractivity contribution in [1.29, 1.82) is 0 Å². The Bertz CT molecular complexity index is 520. The average molecular weight is 288 g/mol. The Morgan fingerprint density at radius 1 is 1.33 bits per heavy atom. The SMILES string of the molecule is Oc1ccc2c(c1)CCC2NCC1CN2CCCC2CO1. The van der Waals surface area contributed by atoms with Crippen LogP contribution in [0.2, 0.25) is 0 Å². The van der Waals surface area contributed by atoms with Gasteiger partial charge in [-0.2, -0.15) is 0 Å². The number of morpholine rings is 1. The number of fused-ring (bicyclic) bond motifs is 2. The molecule has 4 rings (SSSR count). The van der Waals surface area contributed by atoms with E-state index in [9.17, 15) is 5.11 Å². The maximum absolute atomic E-state index is 9.56. The van der Waals surface area contributed by atoms with E-state index in [0.29, 0.717) is 23.9 Å². The van der Waals surface area contributed by atoms with Crippen molar-refractivity contribution < 1.29 is 9.84 Å². The van der Waals surface area contributed by atoms with Gasteiger partial charge in [-0.05, 0) is 55.5 Å². The van der Waals surface area contributed by atoms with Gasteiger partial charge in [-0.1, -0.05) is 6.07 Å². The van der Waals surface area contributed by atoms with Gasteiger partial charge in [-0.15, -0.1) is 0 Å². The second-order valence-electron chi connectivity index (χ2n) is 6.63. The quantitative estimate of drug-likeness (QED) is 0.891. The van der Waals surface area contributed by atoms with E-state index in [1.807, 2.05) is 6.07 Å². The molecule has 3 unspecified atom stereocenters. The number of ether oxygens (including phenoxy) is 1. The van der Waals surface area contributed by atoms with Gasteiger partial charge in [0.25, 0.3) is 0 Å². The van der Waals surface area contributed by atoms with Gasteiger partial charge in [0.1, 0.15) is 5.75 Å².